The Labute approximate surface area is 123 Å². The van der Waals surface area contributed by atoms with Gasteiger partial charge in [-0.25, -0.2) is 0 Å². The summed E-state index contributed by atoms with van der Waals surface area (Å²) in [5, 5.41) is 3.26. The van der Waals surface area contributed by atoms with Crippen molar-refractivity contribution < 1.29 is 4.21 Å². The van der Waals surface area contributed by atoms with Crippen LogP contribution in [0.4, 0.5) is 0 Å². The van der Waals surface area contributed by atoms with Crippen LogP contribution in [0.2, 0.25) is 0 Å². The first-order chi connectivity index (χ1) is 9.60. The summed E-state index contributed by atoms with van der Waals surface area (Å²) in [5.74, 6) is 0.586. The van der Waals surface area contributed by atoms with Crippen LogP contribution in [0, 0.1) is 13.8 Å². The van der Waals surface area contributed by atoms with E-state index in [1.54, 1.807) is 0 Å². The summed E-state index contributed by atoms with van der Waals surface area (Å²) in [7, 11) is 0.923. The first kappa shape index (κ1) is 14.9. The van der Waals surface area contributed by atoms with E-state index in [1.165, 1.54) is 11.1 Å². The maximum atomic E-state index is 12.5. The van der Waals surface area contributed by atoms with Crippen LogP contribution < -0.4 is 5.32 Å². The number of benzene rings is 2. The number of hydrogen-bond acceptors (Lipinski definition) is 2. The SMILES string of the molecule is CNC(CS(=O)c1cccc(C)c1)c1ccc(C)cc1. The Morgan fingerprint density at radius 1 is 1.05 bits per heavy atom. The number of nitrogens with one attached hydrogen (secondary N) is 1. The second kappa shape index (κ2) is 6.82. The highest BCUT2D eigenvalue weighted by molar-refractivity contribution is 7.85. The zero-order valence-corrected chi connectivity index (χ0v) is 13.0. The van der Waals surface area contributed by atoms with Gasteiger partial charge >= 0.3 is 0 Å². The molecule has 2 rings (SSSR count). The molecule has 0 bridgehead atoms. The van der Waals surface area contributed by atoms with Gasteiger partial charge < -0.3 is 5.32 Å². The number of rotatable bonds is 5. The van der Waals surface area contributed by atoms with Crippen LogP contribution >= 0.6 is 0 Å². The normalized spacial score (nSPS) is 13.9. The second-order valence-corrected chi connectivity index (χ2v) is 6.58. The number of aryl methyl sites for hydroxylation is 2. The third-order valence-electron chi connectivity index (χ3n) is 3.40. The molecule has 0 aliphatic carbocycles. The lowest BCUT2D eigenvalue weighted by atomic mass is 10.1. The molecule has 0 amide bonds. The van der Waals surface area contributed by atoms with Crippen molar-refractivity contribution in [3.8, 4) is 0 Å². The molecule has 1 N–H and O–H groups in total. The van der Waals surface area contributed by atoms with E-state index < -0.39 is 10.8 Å². The molecule has 2 aromatic rings. The van der Waals surface area contributed by atoms with Crippen LogP contribution in [0.5, 0.6) is 0 Å². The predicted molar refractivity (Wildman–Crippen MR) is 85.4 cm³/mol. The van der Waals surface area contributed by atoms with Crippen LogP contribution in [-0.2, 0) is 10.8 Å². The summed E-state index contributed by atoms with van der Waals surface area (Å²) in [6.07, 6.45) is 0. The first-order valence-corrected chi connectivity index (χ1v) is 8.11. The minimum atomic E-state index is -0.992. The van der Waals surface area contributed by atoms with Crippen molar-refractivity contribution in [3.05, 3.63) is 65.2 Å². The van der Waals surface area contributed by atoms with Gasteiger partial charge in [0.15, 0.2) is 0 Å². The molecule has 0 spiro atoms. The number of hydrogen-bond donors (Lipinski definition) is 1. The molecule has 0 aromatic heterocycles. The van der Waals surface area contributed by atoms with Crippen LogP contribution in [-0.4, -0.2) is 17.0 Å². The Bertz CT molecular complexity index is 592. The molecule has 0 heterocycles. The van der Waals surface area contributed by atoms with E-state index >= 15 is 0 Å². The molecule has 0 aliphatic heterocycles. The van der Waals surface area contributed by atoms with Crippen LogP contribution in [0.15, 0.2) is 53.4 Å². The van der Waals surface area contributed by atoms with Crippen LogP contribution in [0.3, 0.4) is 0 Å². The fraction of sp³-hybridized carbons (Fsp3) is 0.294. The Balaban J connectivity index is 2.14. The molecule has 2 aromatic carbocycles. The highest BCUT2D eigenvalue weighted by Crippen LogP contribution is 2.18. The van der Waals surface area contributed by atoms with Crippen molar-refractivity contribution in [1.82, 2.24) is 5.32 Å². The van der Waals surface area contributed by atoms with Crippen LogP contribution in [0.25, 0.3) is 0 Å². The quantitative estimate of drug-likeness (QED) is 0.913. The lowest BCUT2D eigenvalue weighted by Crippen LogP contribution is -2.22. The molecule has 2 unspecified atom stereocenters. The van der Waals surface area contributed by atoms with Crippen molar-refractivity contribution in [1.29, 1.82) is 0 Å². The summed E-state index contributed by atoms with van der Waals surface area (Å²) in [6, 6.07) is 16.4. The molecular formula is C17H21NOS. The highest BCUT2D eigenvalue weighted by Gasteiger charge is 2.14. The molecule has 3 heteroatoms. The second-order valence-electron chi connectivity index (χ2n) is 5.08. The molecule has 0 saturated carbocycles. The predicted octanol–water partition coefficient (Wildman–Crippen LogP) is 3.37. The lowest BCUT2D eigenvalue weighted by molar-refractivity contribution is 0.635. The van der Waals surface area contributed by atoms with Gasteiger partial charge in [-0.2, -0.15) is 0 Å². The van der Waals surface area contributed by atoms with Crippen molar-refractivity contribution >= 4 is 10.8 Å². The molecule has 0 saturated heterocycles. The van der Waals surface area contributed by atoms with E-state index in [0.717, 1.165) is 10.5 Å². The largest absolute Gasteiger partial charge is 0.312 e. The summed E-state index contributed by atoms with van der Waals surface area (Å²) < 4.78 is 12.5. The van der Waals surface area contributed by atoms with Crippen molar-refractivity contribution in [3.63, 3.8) is 0 Å². The van der Waals surface area contributed by atoms with Gasteiger partial charge in [0.2, 0.25) is 0 Å². The van der Waals surface area contributed by atoms with E-state index in [9.17, 15) is 4.21 Å². The van der Waals surface area contributed by atoms with Gasteiger partial charge in [0.1, 0.15) is 0 Å². The average molecular weight is 287 g/mol. The fourth-order valence-corrected chi connectivity index (χ4v) is 3.55. The molecule has 106 valence electrons. The van der Waals surface area contributed by atoms with Crippen LogP contribution in [0.1, 0.15) is 22.7 Å². The summed E-state index contributed by atoms with van der Waals surface area (Å²) >= 11 is 0. The van der Waals surface area contributed by atoms with Crippen molar-refractivity contribution in [2.75, 3.05) is 12.8 Å². The third-order valence-corrected chi connectivity index (χ3v) is 4.81. The summed E-state index contributed by atoms with van der Waals surface area (Å²) in [4.78, 5) is 0.900. The molecule has 0 fully saturated rings. The molecule has 20 heavy (non-hydrogen) atoms. The Morgan fingerprint density at radius 2 is 1.75 bits per heavy atom. The Hall–Kier alpha value is -1.45. The Morgan fingerprint density at radius 3 is 2.35 bits per heavy atom. The average Bonchev–Trinajstić information content (AvgIpc) is 2.45. The van der Waals surface area contributed by atoms with Gasteiger partial charge in [-0.15, -0.1) is 0 Å². The maximum absolute atomic E-state index is 12.5. The molecule has 0 aliphatic rings. The van der Waals surface area contributed by atoms with Gasteiger partial charge in [0.05, 0.1) is 10.8 Å². The molecule has 0 radical (unpaired) electrons. The molecular weight excluding hydrogens is 266 g/mol. The topological polar surface area (TPSA) is 29.1 Å². The van der Waals surface area contributed by atoms with Gasteiger partial charge in [-0.1, -0.05) is 42.0 Å². The van der Waals surface area contributed by atoms with Gasteiger partial charge in [-0.05, 0) is 44.2 Å². The lowest BCUT2D eigenvalue weighted by Gasteiger charge is -2.16. The zero-order chi connectivity index (χ0) is 14.5. The van der Waals surface area contributed by atoms with E-state index in [4.69, 9.17) is 0 Å². The van der Waals surface area contributed by atoms with Crippen molar-refractivity contribution in [2.45, 2.75) is 24.8 Å². The van der Waals surface area contributed by atoms with Crippen molar-refractivity contribution in [2.24, 2.45) is 0 Å². The first-order valence-electron chi connectivity index (χ1n) is 6.79. The van der Waals surface area contributed by atoms with E-state index in [2.05, 4.69) is 36.5 Å². The standard InChI is InChI=1S/C17H21NOS/c1-13-7-9-15(10-8-13)17(18-3)12-20(19)16-6-4-5-14(2)11-16/h4-11,17-18H,12H2,1-3H3. The summed E-state index contributed by atoms with van der Waals surface area (Å²) in [5.41, 5.74) is 3.56. The summed E-state index contributed by atoms with van der Waals surface area (Å²) in [6.45, 7) is 4.10. The monoisotopic (exact) mass is 287 g/mol. The van der Waals surface area contributed by atoms with E-state index in [1.807, 2.05) is 38.2 Å². The molecule has 2 nitrogen and oxygen atoms in total. The minimum absolute atomic E-state index is 0.108. The van der Waals surface area contributed by atoms with E-state index in [0.29, 0.717) is 5.75 Å². The fourth-order valence-electron chi connectivity index (χ4n) is 2.15. The smallest absolute Gasteiger partial charge is 0.0548 e. The van der Waals surface area contributed by atoms with Gasteiger partial charge in [-0.3, -0.25) is 4.21 Å². The Kier molecular flexibility index (Phi) is 5.10. The van der Waals surface area contributed by atoms with E-state index in [-0.39, 0.29) is 6.04 Å². The third kappa shape index (κ3) is 3.78. The minimum Gasteiger partial charge on any atom is -0.312 e. The highest BCUT2D eigenvalue weighted by atomic mass is 32.2. The van der Waals surface area contributed by atoms with Gasteiger partial charge in [0.25, 0.3) is 0 Å². The zero-order valence-electron chi connectivity index (χ0n) is 12.2. The van der Waals surface area contributed by atoms with Gasteiger partial charge in [0, 0.05) is 16.7 Å². The maximum Gasteiger partial charge on any atom is 0.0548 e. The molecule has 2 atom stereocenters.